The molecule has 5 nitrogen and oxygen atoms in total. The molecule has 0 aliphatic carbocycles. The fraction of sp³-hybridized carbons (Fsp3) is 0.217. The molecular formula is C23H20Cl5N3O2S3. The molecule has 0 amide bonds. The molecular weight excluding hydrogens is 624 g/mol. The van der Waals surface area contributed by atoms with Crippen LogP contribution < -0.4 is 14.5 Å². The standard InChI is InChI=1S/C23H19Cl4N3O2S3.ClH/c1-29(18-12-20(25)34-23(18)27)35(31,32)21-14-5-3-2-4-13(14)17(30-8-6-28-7-9-30)10-15(21)16-11-19(24)33-22(16)26;/h2-5,10-12,28H,6-9H2,1H3;1H. The van der Waals surface area contributed by atoms with E-state index >= 15 is 0 Å². The summed E-state index contributed by atoms with van der Waals surface area (Å²) in [6.45, 7) is 3.29. The van der Waals surface area contributed by atoms with Crippen molar-refractivity contribution in [3.05, 3.63) is 59.8 Å². The molecule has 1 aliphatic heterocycles. The first kappa shape index (κ1) is 28.1. The van der Waals surface area contributed by atoms with E-state index in [0.29, 0.717) is 39.5 Å². The van der Waals surface area contributed by atoms with E-state index in [9.17, 15) is 8.42 Å². The highest BCUT2D eigenvalue weighted by molar-refractivity contribution is 7.93. The summed E-state index contributed by atoms with van der Waals surface area (Å²) in [5, 5.41) is 4.81. The fourth-order valence-electron chi connectivity index (χ4n) is 4.31. The second kappa shape index (κ2) is 11.0. The van der Waals surface area contributed by atoms with Crippen LogP contribution in [0, 0.1) is 0 Å². The van der Waals surface area contributed by atoms with E-state index < -0.39 is 10.0 Å². The van der Waals surface area contributed by atoms with Gasteiger partial charge < -0.3 is 10.2 Å². The van der Waals surface area contributed by atoms with E-state index in [1.807, 2.05) is 30.3 Å². The fourth-order valence-corrected chi connectivity index (χ4v) is 9.02. The van der Waals surface area contributed by atoms with E-state index in [2.05, 4.69) is 10.2 Å². The lowest BCUT2D eigenvalue weighted by Crippen LogP contribution is -2.43. The predicted octanol–water partition coefficient (Wildman–Crippen LogP) is 7.90. The van der Waals surface area contributed by atoms with Gasteiger partial charge in [0.05, 0.1) is 14.4 Å². The van der Waals surface area contributed by atoms with Crippen molar-refractivity contribution in [2.45, 2.75) is 4.90 Å². The number of nitrogens with zero attached hydrogens (tertiary/aromatic N) is 2. The molecule has 2 aromatic heterocycles. The van der Waals surface area contributed by atoms with Crippen LogP contribution in [0.5, 0.6) is 0 Å². The second-order valence-corrected chi connectivity index (χ2v) is 14.5. The molecule has 4 aromatic rings. The van der Waals surface area contributed by atoms with Gasteiger partial charge in [0.1, 0.15) is 13.6 Å². The van der Waals surface area contributed by atoms with Crippen LogP contribution in [-0.4, -0.2) is 41.6 Å². The average molecular weight is 644 g/mol. The highest BCUT2D eigenvalue weighted by atomic mass is 35.5. The van der Waals surface area contributed by atoms with E-state index in [1.54, 1.807) is 12.1 Å². The van der Waals surface area contributed by atoms with Crippen molar-refractivity contribution >= 4 is 114 Å². The van der Waals surface area contributed by atoms with Crippen molar-refractivity contribution < 1.29 is 8.42 Å². The average Bonchev–Trinajstić information content (AvgIpc) is 3.36. The van der Waals surface area contributed by atoms with Gasteiger partial charge in [-0.1, -0.05) is 70.7 Å². The van der Waals surface area contributed by atoms with Crippen LogP contribution in [0.2, 0.25) is 17.3 Å². The lowest BCUT2D eigenvalue weighted by molar-refractivity contribution is 0.590. The normalized spacial score (nSPS) is 14.2. The lowest BCUT2D eigenvalue weighted by Gasteiger charge is -2.32. The Morgan fingerprint density at radius 1 is 0.889 bits per heavy atom. The number of benzene rings is 2. The molecule has 0 radical (unpaired) electrons. The Balaban J connectivity index is 0.00000304. The van der Waals surface area contributed by atoms with Gasteiger partial charge in [0.15, 0.2) is 0 Å². The molecule has 1 fully saturated rings. The first-order valence-corrected chi connectivity index (χ1v) is 15.2. The molecule has 0 unspecified atom stereocenters. The minimum atomic E-state index is -4.09. The molecule has 2 aromatic carbocycles. The summed E-state index contributed by atoms with van der Waals surface area (Å²) < 4.78 is 31.3. The predicted molar refractivity (Wildman–Crippen MR) is 160 cm³/mol. The van der Waals surface area contributed by atoms with E-state index in [4.69, 9.17) is 46.4 Å². The van der Waals surface area contributed by atoms with Crippen LogP contribution in [-0.2, 0) is 10.0 Å². The summed E-state index contributed by atoms with van der Waals surface area (Å²) in [6.07, 6.45) is 0. The summed E-state index contributed by atoms with van der Waals surface area (Å²) in [6, 6.07) is 12.7. The van der Waals surface area contributed by atoms with Gasteiger partial charge in [-0.25, -0.2) is 8.42 Å². The maximum atomic E-state index is 14.2. The summed E-state index contributed by atoms with van der Waals surface area (Å²) >= 11 is 27.7. The van der Waals surface area contributed by atoms with Gasteiger partial charge in [0.2, 0.25) is 0 Å². The van der Waals surface area contributed by atoms with Crippen molar-refractivity contribution in [1.29, 1.82) is 0 Å². The lowest BCUT2D eigenvalue weighted by atomic mass is 10.00. The number of piperazine rings is 1. The number of halogens is 5. The number of anilines is 2. The number of rotatable bonds is 5. The highest BCUT2D eigenvalue weighted by Crippen LogP contribution is 2.47. The van der Waals surface area contributed by atoms with Crippen LogP contribution in [0.3, 0.4) is 0 Å². The zero-order valence-corrected chi connectivity index (χ0v) is 25.0. The van der Waals surface area contributed by atoms with Crippen molar-refractivity contribution in [3.63, 3.8) is 0 Å². The third-order valence-electron chi connectivity index (χ3n) is 5.97. The molecule has 5 rings (SSSR count). The smallest absolute Gasteiger partial charge is 0.265 e. The summed E-state index contributed by atoms with van der Waals surface area (Å²) in [7, 11) is -2.62. The molecule has 1 aliphatic rings. The van der Waals surface area contributed by atoms with Crippen LogP contribution in [0.25, 0.3) is 21.9 Å². The van der Waals surface area contributed by atoms with E-state index in [1.165, 1.54) is 22.7 Å². The number of nitrogens with one attached hydrogen (secondary N) is 1. The zero-order valence-electron chi connectivity index (χ0n) is 18.7. The van der Waals surface area contributed by atoms with Gasteiger partial charge in [0.25, 0.3) is 10.0 Å². The maximum absolute atomic E-state index is 14.2. The third-order valence-corrected chi connectivity index (χ3v) is 10.8. The molecule has 13 heteroatoms. The van der Waals surface area contributed by atoms with Crippen molar-refractivity contribution in [2.24, 2.45) is 0 Å². The molecule has 0 saturated carbocycles. The van der Waals surface area contributed by atoms with Crippen molar-refractivity contribution in [1.82, 2.24) is 5.32 Å². The molecule has 0 atom stereocenters. The van der Waals surface area contributed by atoms with Crippen LogP contribution in [0.1, 0.15) is 0 Å². The molecule has 0 bridgehead atoms. The Morgan fingerprint density at radius 2 is 1.50 bits per heavy atom. The number of fused-ring (bicyclic) bond motifs is 1. The Labute approximate surface area is 244 Å². The monoisotopic (exact) mass is 641 g/mol. The number of hydrogen-bond acceptors (Lipinski definition) is 6. The Kier molecular flexibility index (Phi) is 8.61. The summed E-state index contributed by atoms with van der Waals surface area (Å²) in [5.41, 5.74) is 2.34. The highest BCUT2D eigenvalue weighted by Gasteiger charge is 2.32. The maximum Gasteiger partial charge on any atom is 0.265 e. The minimum Gasteiger partial charge on any atom is -0.368 e. The number of thiophene rings is 2. The topological polar surface area (TPSA) is 52.7 Å². The van der Waals surface area contributed by atoms with Gasteiger partial charge in [-0.2, -0.15) is 0 Å². The first-order chi connectivity index (χ1) is 16.7. The van der Waals surface area contributed by atoms with Crippen molar-refractivity contribution in [3.8, 4) is 11.1 Å². The van der Waals surface area contributed by atoms with E-state index in [-0.39, 0.29) is 17.3 Å². The van der Waals surface area contributed by atoms with Gasteiger partial charge >= 0.3 is 0 Å². The molecule has 3 heterocycles. The van der Waals surface area contributed by atoms with E-state index in [0.717, 1.165) is 48.6 Å². The zero-order chi connectivity index (χ0) is 24.9. The Hall–Kier alpha value is -0.940. The number of sulfonamides is 1. The van der Waals surface area contributed by atoms with Crippen LogP contribution in [0.15, 0.2) is 47.4 Å². The van der Waals surface area contributed by atoms with Gasteiger partial charge in [-0.3, -0.25) is 4.31 Å². The third kappa shape index (κ3) is 5.05. The van der Waals surface area contributed by atoms with Gasteiger partial charge in [0, 0.05) is 60.8 Å². The SMILES string of the molecule is CN(c1cc(Cl)sc1Cl)S(=O)(=O)c1c(-c2cc(Cl)sc2Cl)cc(N2CCNCC2)c2ccccc12.Cl. The molecule has 1 saturated heterocycles. The Morgan fingerprint density at radius 3 is 2.08 bits per heavy atom. The van der Waals surface area contributed by atoms with Crippen LogP contribution in [0.4, 0.5) is 11.4 Å². The van der Waals surface area contributed by atoms with Crippen molar-refractivity contribution in [2.75, 3.05) is 42.4 Å². The first-order valence-electron chi connectivity index (χ1n) is 10.6. The molecule has 0 spiro atoms. The molecule has 192 valence electrons. The second-order valence-electron chi connectivity index (χ2n) is 7.97. The van der Waals surface area contributed by atoms with Crippen LogP contribution >= 0.6 is 81.5 Å². The summed E-state index contributed by atoms with van der Waals surface area (Å²) in [5.74, 6) is 0. The van der Waals surface area contributed by atoms with Gasteiger partial charge in [-0.15, -0.1) is 35.1 Å². The summed E-state index contributed by atoms with van der Waals surface area (Å²) in [4.78, 5) is 2.41. The molecule has 36 heavy (non-hydrogen) atoms. The number of hydrogen-bond donors (Lipinski definition) is 1. The van der Waals surface area contributed by atoms with Gasteiger partial charge in [-0.05, 0) is 18.2 Å². The molecule has 1 N–H and O–H groups in total. The largest absolute Gasteiger partial charge is 0.368 e. The minimum absolute atomic E-state index is 0. The quantitative estimate of drug-likeness (QED) is 0.240. The Bertz CT molecular complexity index is 1530.